The van der Waals surface area contributed by atoms with E-state index in [0.29, 0.717) is 0 Å². The molecule has 0 radical (unpaired) electrons. The molecule has 0 heterocycles. The molecule has 0 amide bonds. The largest absolute Gasteiger partial charge is 0.269 e. The van der Waals surface area contributed by atoms with Gasteiger partial charge in [-0.25, -0.2) is 0 Å². The van der Waals surface area contributed by atoms with Crippen LogP contribution in [-0.4, -0.2) is 0 Å². The second-order valence-corrected chi connectivity index (χ2v) is 0. The fourth-order valence-electron chi connectivity index (χ4n) is 0. The monoisotopic (exact) mass is 180 g/mol. The normalized spacial score (nSPS) is 0. The van der Waals surface area contributed by atoms with Crippen LogP contribution in [0.5, 0.6) is 0 Å². The van der Waals surface area contributed by atoms with Gasteiger partial charge in [-0.3, -0.25) is 42.3 Å². The third-order valence-corrected chi connectivity index (χ3v) is 0. The Balaban J connectivity index is 0. The van der Waals surface area contributed by atoms with E-state index in [1.165, 1.54) is 0 Å². The van der Waals surface area contributed by atoms with Crippen LogP contribution >= 0.6 is 0 Å². The van der Waals surface area contributed by atoms with Gasteiger partial charge < -0.3 is 0 Å². The average molecular weight is 180 g/mol. The predicted octanol–water partition coefficient (Wildman–Crippen LogP) is 1.37. The van der Waals surface area contributed by atoms with Gasteiger partial charge in [-0.05, 0) is 0 Å². The van der Waals surface area contributed by atoms with Crippen LogP contribution in [0, 0.1) is 0 Å². The molecule has 9 heavy (non-hydrogen) atoms. The molecular formula is H9F9. The summed E-state index contributed by atoms with van der Waals surface area (Å²) in [6.45, 7) is 0. The lowest BCUT2D eigenvalue weighted by atomic mass is 19.0. The van der Waals surface area contributed by atoms with Crippen LogP contribution in [0.4, 0.5) is 42.3 Å². The Morgan fingerprint density at radius 1 is 0.111 bits per heavy atom. The van der Waals surface area contributed by atoms with Crippen molar-refractivity contribution in [2.24, 2.45) is 0 Å². The highest BCUT2D eigenvalue weighted by Gasteiger charge is -0.261. The van der Waals surface area contributed by atoms with Gasteiger partial charge in [0.2, 0.25) is 0 Å². The maximum Gasteiger partial charge on any atom is -0.269 e. The molecule has 0 N–H and O–H groups in total. The molecule has 0 aromatic carbocycles. The van der Waals surface area contributed by atoms with Crippen LogP contribution in [0.1, 0.15) is 0 Å². The van der Waals surface area contributed by atoms with Crippen LogP contribution in [0.3, 0.4) is 0 Å². The highest BCUT2D eigenvalue weighted by Crippen LogP contribution is 0.428. The molecule has 0 saturated heterocycles. The lowest BCUT2D eigenvalue weighted by Crippen LogP contribution is 0.419. The number of rotatable bonds is 0. The molecule has 0 nitrogen and oxygen atoms in total. The van der Waals surface area contributed by atoms with E-state index in [2.05, 4.69) is 0 Å². The minimum Gasteiger partial charge on any atom is -0.269 e. The minimum absolute atomic E-state index is 0. The first-order chi connectivity index (χ1) is 0. The number of hydrogen-bond donors (Lipinski definition) is 0. The fourth-order valence-corrected chi connectivity index (χ4v) is 0. The van der Waals surface area contributed by atoms with Gasteiger partial charge in [-0.2, -0.15) is 0 Å². The molecule has 0 saturated carbocycles. The zero-order valence-corrected chi connectivity index (χ0v) is 3.67. The van der Waals surface area contributed by atoms with Crippen LogP contribution < -0.4 is 0 Å². The first-order valence-corrected chi connectivity index (χ1v) is 0. The van der Waals surface area contributed by atoms with E-state index in [0.717, 1.165) is 0 Å². The van der Waals surface area contributed by atoms with Crippen molar-refractivity contribution in [2.75, 3.05) is 0 Å². The SMILES string of the molecule is F.F.F.F.F.F.F.F.F. The molecule has 0 spiro atoms. The smallest absolute Gasteiger partial charge is 0.269 e. The van der Waals surface area contributed by atoms with Gasteiger partial charge in [0.1, 0.15) is 0 Å². The summed E-state index contributed by atoms with van der Waals surface area (Å²) in [5.41, 5.74) is 0. The maximum absolute atomic E-state index is 0. The highest BCUT2D eigenvalue weighted by atomic mass is 19.0. The van der Waals surface area contributed by atoms with Gasteiger partial charge in [-0.15, -0.1) is 0 Å². The maximum atomic E-state index is 0. The second-order valence-electron chi connectivity index (χ2n) is 0. The molecule has 0 bridgehead atoms. The predicted molar refractivity (Wildman–Crippen MR) is 22.5 cm³/mol. The summed E-state index contributed by atoms with van der Waals surface area (Å²) in [5, 5.41) is 0. The van der Waals surface area contributed by atoms with Gasteiger partial charge in [0.05, 0.1) is 0 Å². The van der Waals surface area contributed by atoms with Crippen molar-refractivity contribution < 1.29 is 42.3 Å². The fraction of sp³-hybridized carbons (Fsp3) is 0. The quantitative estimate of drug-likeness (QED) is 0.494. The topological polar surface area (TPSA) is 0 Å². The van der Waals surface area contributed by atoms with Crippen molar-refractivity contribution in [3.8, 4) is 0 Å². The van der Waals surface area contributed by atoms with Crippen molar-refractivity contribution in [2.45, 2.75) is 0 Å². The third-order valence-electron chi connectivity index (χ3n) is 0. The molecule has 9 heteroatoms. The summed E-state index contributed by atoms with van der Waals surface area (Å²) in [5.74, 6) is 0. The average Bonchev–Trinajstić information content (AvgIpc) is 0. The summed E-state index contributed by atoms with van der Waals surface area (Å²) < 4.78 is 0. The standard InChI is InChI=1S/9FH/h9*1H. The Morgan fingerprint density at radius 3 is 0.111 bits per heavy atom. The lowest BCUT2D eigenvalue weighted by Gasteiger charge is -0.270. The van der Waals surface area contributed by atoms with Gasteiger partial charge >= 0.3 is 0 Å². The first-order valence-electron chi connectivity index (χ1n) is 0. The Bertz CT molecular complexity index is 0. The van der Waals surface area contributed by atoms with Crippen molar-refractivity contribution in [1.82, 2.24) is 0 Å². The molecule has 0 aliphatic rings. The van der Waals surface area contributed by atoms with E-state index < -0.39 is 0 Å². The first kappa shape index (κ1) is 1150. The van der Waals surface area contributed by atoms with E-state index in [1.807, 2.05) is 0 Å². The van der Waals surface area contributed by atoms with Crippen LogP contribution in [0.15, 0.2) is 0 Å². The molecule has 0 aromatic heterocycles. The third kappa shape index (κ3) is 535. The zero-order valence-electron chi connectivity index (χ0n) is 3.67. The molecule has 0 aromatic rings. The van der Waals surface area contributed by atoms with E-state index in [1.54, 1.807) is 0 Å². The van der Waals surface area contributed by atoms with Crippen LogP contribution in [0.25, 0.3) is 0 Å². The number of halogens is 9. The van der Waals surface area contributed by atoms with E-state index >= 15 is 0 Å². The van der Waals surface area contributed by atoms with Crippen molar-refractivity contribution >= 4 is 0 Å². The Hall–Kier alpha value is -0.630. The molecule has 0 atom stereocenters. The molecule has 0 aliphatic carbocycles. The Labute approximate surface area is 43.9 Å². The van der Waals surface area contributed by atoms with E-state index in [-0.39, 0.29) is 42.3 Å². The Kier molecular flexibility index (Phi) is 95900. The van der Waals surface area contributed by atoms with Crippen LogP contribution in [-0.2, 0) is 0 Å². The second kappa shape index (κ2) is 753. The zero-order chi connectivity index (χ0) is 0. The molecule has 72 valence electrons. The summed E-state index contributed by atoms with van der Waals surface area (Å²) in [7, 11) is 0. The molecule has 0 unspecified atom stereocenters. The molecule has 0 rings (SSSR count). The summed E-state index contributed by atoms with van der Waals surface area (Å²) in [6, 6.07) is 0. The van der Waals surface area contributed by atoms with Crippen molar-refractivity contribution in [3.05, 3.63) is 0 Å². The van der Waals surface area contributed by atoms with Gasteiger partial charge in [-0.1, -0.05) is 0 Å². The summed E-state index contributed by atoms with van der Waals surface area (Å²) in [6.07, 6.45) is 0. The van der Waals surface area contributed by atoms with Crippen molar-refractivity contribution in [1.29, 1.82) is 0 Å². The van der Waals surface area contributed by atoms with Gasteiger partial charge in [0.25, 0.3) is 0 Å². The van der Waals surface area contributed by atoms with Crippen molar-refractivity contribution in [3.63, 3.8) is 0 Å². The minimum atomic E-state index is 0. The molecular weight excluding hydrogens is 171 g/mol. The Morgan fingerprint density at radius 2 is 0.111 bits per heavy atom. The number of hydrogen-bond acceptors (Lipinski definition) is 0. The molecule has 0 fully saturated rings. The van der Waals surface area contributed by atoms with E-state index in [9.17, 15) is 0 Å². The van der Waals surface area contributed by atoms with Gasteiger partial charge in [0, 0.05) is 0 Å². The van der Waals surface area contributed by atoms with Crippen LogP contribution in [0.2, 0.25) is 0 Å². The summed E-state index contributed by atoms with van der Waals surface area (Å²) >= 11 is 0. The summed E-state index contributed by atoms with van der Waals surface area (Å²) in [4.78, 5) is 0. The van der Waals surface area contributed by atoms with E-state index in [4.69, 9.17) is 0 Å². The molecule has 0 aliphatic heterocycles. The lowest BCUT2D eigenvalue weighted by molar-refractivity contribution is 1.11. The highest BCUT2D eigenvalue weighted by molar-refractivity contribution is 1.12. The van der Waals surface area contributed by atoms with Gasteiger partial charge in [0.15, 0.2) is 0 Å².